The molecule has 0 aliphatic heterocycles. The van der Waals surface area contributed by atoms with Crippen molar-refractivity contribution in [1.82, 2.24) is 19.9 Å². The van der Waals surface area contributed by atoms with Crippen molar-refractivity contribution in [3.8, 4) is 5.69 Å². The quantitative estimate of drug-likeness (QED) is 0.558. The fourth-order valence-corrected chi connectivity index (χ4v) is 3.29. The highest BCUT2D eigenvalue weighted by molar-refractivity contribution is 5.76. The van der Waals surface area contributed by atoms with Gasteiger partial charge in [-0.2, -0.15) is 0 Å². The lowest BCUT2D eigenvalue weighted by molar-refractivity contribution is -0.121. The number of fused-ring (bicyclic) bond motifs is 1. The van der Waals surface area contributed by atoms with Crippen molar-refractivity contribution in [2.24, 2.45) is 0 Å². The Bertz CT molecular complexity index is 1080. The molecule has 140 valence electrons. The molecule has 0 radical (unpaired) electrons. The first-order valence-electron chi connectivity index (χ1n) is 9.41. The maximum absolute atomic E-state index is 12.1. The first kappa shape index (κ1) is 17.9. The fraction of sp³-hybridized carbons (Fsp3) is 0.174. The van der Waals surface area contributed by atoms with E-state index in [1.54, 1.807) is 6.20 Å². The summed E-state index contributed by atoms with van der Waals surface area (Å²) in [5, 5.41) is 2.97. The molecule has 1 amide bonds. The summed E-state index contributed by atoms with van der Waals surface area (Å²) in [6.07, 6.45) is 2.96. The van der Waals surface area contributed by atoms with Gasteiger partial charge in [0.25, 0.3) is 0 Å². The van der Waals surface area contributed by atoms with Gasteiger partial charge in [0.1, 0.15) is 11.3 Å². The normalized spacial score (nSPS) is 10.9. The van der Waals surface area contributed by atoms with Gasteiger partial charge in [0, 0.05) is 24.8 Å². The zero-order valence-electron chi connectivity index (χ0n) is 15.8. The largest absolute Gasteiger partial charge is 0.352 e. The minimum atomic E-state index is 0.0635. The summed E-state index contributed by atoms with van der Waals surface area (Å²) < 4.78 is 2.05. The Kier molecular flexibility index (Phi) is 5.15. The Morgan fingerprint density at radius 2 is 1.75 bits per heavy atom. The number of nitrogens with zero attached hydrogens (tertiary/aromatic N) is 3. The predicted octanol–water partition coefficient (Wildman–Crippen LogP) is 3.98. The molecule has 0 aliphatic rings. The van der Waals surface area contributed by atoms with Gasteiger partial charge in [-0.15, -0.1) is 0 Å². The molecule has 0 unspecified atom stereocenters. The molecule has 0 saturated carbocycles. The second-order valence-corrected chi connectivity index (χ2v) is 6.77. The van der Waals surface area contributed by atoms with E-state index in [-0.39, 0.29) is 5.91 Å². The van der Waals surface area contributed by atoms with Gasteiger partial charge in [-0.25, -0.2) is 9.97 Å². The average Bonchev–Trinajstić information content (AvgIpc) is 3.07. The van der Waals surface area contributed by atoms with Crippen LogP contribution in [0.4, 0.5) is 0 Å². The summed E-state index contributed by atoms with van der Waals surface area (Å²) in [4.78, 5) is 21.1. The standard InChI is InChI=1S/C23H22N4O/c1-17-26-21-8-5-15-24-23(21)27(17)20-12-9-18(10-13-20)11-14-22(28)25-16-19-6-3-2-4-7-19/h2-10,12-13,15H,11,14,16H2,1H3,(H,25,28). The number of rotatable bonds is 6. The number of benzene rings is 2. The van der Waals surface area contributed by atoms with Crippen molar-refractivity contribution >= 4 is 17.1 Å². The highest BCUT2D eigenvalue weighted by atomic mass is 16.1. The molecule has 2 heterocycles. The van der Waals surface area contributed by atoms with Crippen LogP contribution in [0.25, 0.3) is 16.9 Å². The van der Waals surface area contributed by atoms with Gasteiger partial charge in [-0.3, -0.25) is 9.36 Å². The van der Waals surface area contributed by atoms with Gasteiger partial charge in [0.05, 0.1) is 0 Å². The van der Waals surface area contributed by atoms with Gasteiger partial charge in [0.15, 0.2) is 5.65 Å². The first-order chi connectivity index (χ1) is 13.7. The SMILES string of the molecule is Cc1nc2cccnc2n1-c1ccc(CCC(=O)NCc2ccccc2)cc1. The van der Waals surface area contributed by atoms with E-state index in [0.29, 0.717) is 19.4 Å². The van der Waals surface area contributed by atoms with Gasteiger partial charge < -0.3 is 5.32 Å². The number of imidazole rings is 1. The van der Waals surface area contributed by atoms with Gasteiger partial charge in [-0.05, 0) is 48.7 Å². The maximum atomic E-state index is 12.1. The summed E-state index contributed by atoms with van der Waals surface area (Å²) in [5.74, 6) is 0.968. The molecule has 0 saturated heterocycles. The third-order valence-corrected chi connectivity index (χ3v) is 4.75. The van der Waals surface area contributed by atoms with E-state index in [1.165, 1.54) is 0 Å². The van der Waals surface area contributed by atoms with Crippen LogP contribution in [0.2, 0.25) is 0 Å². The van der Waals surface area contributed by atoms with Gasteiger partial charge in [0.2, 0.25) is 5.91 Å². The van der Waals surface area contributed by atoms with Crippen molar-refractivity contribution < 1.29 is 4.79 Å². The molecule has 0 aliphatic carbocycles. The lowest BCUT2D eigenvalue weighted by Crippen LogP contribution is -2.22. The van der Waals surface area contributed by atoms with E-state index in [4.69, 9.17) is 0 Å². The van der Waals surface area contributed by atoms with Crippen LogP contribution < -0.4 is 5.32 Å². The topological polar surface area (TPSA) is 59.8 Å². The average molecular weight is 370 g/mol. The van der Waals surface area contributed by atoms with Crippen LogP contribution in [0.15, 0.2) is 72.9 Å². The van der Waals surface area contributed by atoms with Gasteiger partial charge in [-0.1, -0.05) is 42.5 Å². The second-order valence-electron chi connectivity index (χ2n) is 6.77. The number of amides is 1. The summed E-state index contributed by atoms with van der Waals surface area (Å²) in [6, 6.07) is 22.0. The Morgan fingerprint density at radius 1 is 0.964 bits per heavy atom. The van der Waals surface area contributed by atoms with Crippen LogP contribution in [0.3, 0.4) is 0 Å². The number of hydrogen-bond donors (Lipinski definition) is 1. The van der Waals surface area contributed by atoms with E-state index in [2.05, 4.69) is 39.6 Å². The highest BCUT2D eigenvalue weighted by Gasteiger charge is 2.10. The van der Waals surface area contributed by atoms with Crippen molar-refractivity contribution in [3.05, 3.63) is 89.9 Å². The first-order valence-corrected chi connectivity index (χ1v) is 9.41. The molecule has 2 aromatic heterocycles. The van der Waals surface area contributed by atoms with Crippen LogP contribution in [-0.2, 0) is 17.8 Å². The molecule has 5 heteroatoms. The Balaban J connectivity index is 1.38. The van der Waals surface area contributed by atoms with Crippen LogP contribution in [0.5, 0.6) is 0 Å². The van der Waals surface area contributed by atoms with E-state index < -0.39 is 0 Å². The van der Waals surface area contributed by atoms with Crippen molar-refractivity contribution in [1.29, 1.82) is 0 Å². The summed E-state index contributed by atoms with van der Waals surface area (Å²) in [5.41, 5.74) is 5.01. The molecule has 0 bridgehead atoms. The zero-order valence-corrected chi connectivity index (χ0v) is 15.8. The summed E-state index contributed by atoms with van der Waals surface area (Å²) in [7, 11) is 0. The Hall–Kier alpha value is -3.47. The van der Waals surface area contributed by atoms with Crippen molar-refractivity contribution in [3.63, 3.8) is 0 Å². The lowest BCUT2D eigenvalue weighted by atomic mass is 10.1. The van der Waals surface area contributed by atoms with Crippen LogP contribution in [-0.4, -0.2) is 20.4 Å². The van der Waals surface area contributed by atoms with Crippen molar-refractivity contribution in [2.45, 2.75) is 26.3 Å². The highest BCUT2D eigenvalue weighted by Crippen LogP contribution is 2.20. The third kappa shape index (κ3) is 3.93. The predicted molar refractivity (Wildman–Crippen MR) is 110 cm³/mol. The third-order valence-electron chi connectivity index (χ3n) is 4.75. The van der Waals surface area contributed by atoms with Crippen molar-refractivity contribution in [2.75, 3.05) is 0 Å². The molecule has 4 aromatic rings. The maximum Gasteiger partial charge on any atom is 0.220 e. The van der Waals surface area contributed by atoms with Crippen LogP contribution in [0, 0.1) is 6.92 Å². The molecule has 28 heavy (non-hydrogen) atoms. The molecule has 4 rings (SSSR count). The van der Waals surface area contributed by atoms with E-state index in [1.807, 2.05) is 54.0 Å². The smallest absolute Gasteiger partial charge is 0.220 e. The fourth-order valence-electron chi connectivity index (χ4n) is 3.29. The molecule has 0 fully saturated rings. The van der Waals surface area contributed by atoms with E-state index in [0.717, 1.165) is 33.8 Å². The summed E-state index contributed by atoms with van der Waals surface area (Å²) in [6.45, 7) is 2.55. The van der Waals surface area contributed by atoms with E-state index >= 15 is 0 Å². The summed E-state index contributed by atoms with van der Waals surface area (Å²) >= 11 is 0. The molecule has 0 atom stereocenters. The number of pyridine rings is 1. The molecular formula is C23H22N4O. The molecule has 5 nitrogen and oxygen atoms in total. The minimum absolute atomic E-state index is 0.0635. The lowest BCUT2D eigenvalue weighted by Gasteiger charge is -2.08. The number of aryl methyl sites for hydroxylation is 2. The van der Waals surface area contributed by atoms with Crippen LogP contribution in [0.1, 0.15) is 23.4 Å². The Labute approximate surface area is 164 Å². The van der Waals surface area contributed by atoms with Gasteiger partial charge >= 0.3 is 0 Å². The number of hydrogen-bond acceptors (Lipinski definition) is 3. The molecule has 1 N–H and O–H groups in total. The number of carbonyl (C=O) groups excluding carboxylic acids is 1. The second kappa shape index (κ2) is 8.05. The number of carbonyl (C=O) groups is 1. The zero-order chi connectivity index (χ0) is 19.3. The Morgan fingerprint density at radius 3 is 2.54 bits per heavy atom. The monoisotopic (exact) mass is 370 g/mol. The molecule has 2 aromatic carbocycles. The number of aromatic nitrogens is 3. The van der Waals surface area contributed by atoms with E-state index in [9.17, 15) is 4.79 Å². The number of nitrogens with one attached hydrogen (secondary N) is 1. The molecular weight excluding hydrogens is 348 g/mol. The van der Waals surface area contributed by atoms with Crippen LogP contribution >= 0.6 is 0 Å². The minimum Gasteiger partial charge on any atom is -0.352 e. The molecule has 0 spiro atoms.